The summed E-state index contributed by atoms with van der Waals surface area (Å²) in [5.74, 6) is 0.564. The molecule has 1 aliphatic carbocycles. The number of ether oxygens (including phenoxy) is 1. The monoisotopic (exact) mass is 267 g/mol. The average molecular weight is 267 g/mol. The fourth-order valence-electron chi connectivity index (χ4n) is 3.00. The lowest BCUT2D eigenvalue weighted by molar-refractivity contribution is 0.0223. The van der Waals surface area contributed by atoms with E-state index in [2.05, 4.69) is 0 Å². The first-order valence-electron chi connectivity index (χ1n) is 7.20. The molecule has 0 saturated carbocycles. The van der Waals surface area contributed by atoms with Crippen LogP contribution in [0.5, 0.6) is 0 Å². The van der Waals surface area contributed by atoms with Crippen LogP contribution in [0.3, 0.4) is 0 Å². The molecule has 0 bridgehead atoms. The number of nitrogens with zero attached hydrogens (tertiary/aromatic N) is 1. The Kier molecular flexibility index (Phi) is 4.19. The molecular formula is C15H25NO3. The first kappa shape index (κ1) is 14.4. The number of fused-ring (bicyclic) bond motifs is 1. The lowest BCUT2D eigenvalue weighted by Gasteiger charge is -2.38. The molecule has 4 nitrogen and oxygen atoms in total. The van der Waals surface area contributed by atoms with Gasteiger partial charge in [-0.1, -0.05) is 0 Å². The van der Waals surface area contributed by atoms with Crippen LogP contribution in [0.4, 0.5) is 4.79 Å². The predicted molar refractivity (Wildman–Crippen MR) is 73.9 cm³/mol. The maximum Gasteiger partial charge on any atom is 0.410 e. The van der Waals surface area contributed by atoms with Gasteiger partial charge in [-0.05, 0) is 63.5 Å². The highest BCUT2D eigenvalue weighted by molar-refractivity contribution is 5.69. The van der Waals surface area contributed by atoms with E-state index in [0.717, 1.165) is 31.4 Å². The van der Waals surface area contributed by atoms with Crippen LogP contribution in [0.15, 0.2) is 11.1 Å². The molecule has 1 heterocycles. The highest BCUT2D eigenvalue weighted by Crippen LogP contribution is 2.36. The summed E-state index contributed by atoms with van der Waals surface area (Å²) in [7, 11) is 0. The van der Waals surface area contributed by atoms with E-state index in [9.17, 15) is 9.90 Å². The standard InChI is InChI=1S/C15H25NO3/c1-15(2,3)19-14(18)16-8-7-11-5-4-6-12(10-17)13(11)9-16/h11,17H,4-10H2,1-3H3. The maximum absolute atomic E-state index is 12.1. The van der Waals surface area contributed by atoms with Crippen molar-refractivity contribution in [1.82, 2.24) is 4.90 Å². The number of aliphatic hydroxyl groups is 1. The first-order chi connectivity index (χ1) is 8.90. The Morgan fingerprint density at radius 2 is 2.16 bits per heavy atom. The summed E-state index contributed by atoms with van der Waals surface area (Å²) in [5, 5.41) is 9.45. The van der Waals surface area contributed by atoms with Crippen LogP contribution in [0.25, 0.3) is 0 Å². The molecule has 1 unspecified atom stereocenters. The molecule has 0 aromatic rings. The van der Waals surface area contributed by atoms with E-state index in [1.165, 1.54) is 12.0 Å². The van der Waals surface area contributed by atoms with E-state index in [1.807, 2.05) is 20.8 Å². The second-order valence-corrected chi connectivity index (χ2v) is 6.57. The second kappa shape index (κ2) is 5.53. The number of rotatable bonds is 1. The van der Waals surface area contributed by atoms with Crippen molar-refractivity contribution >= 4 is 6.09 Å². The van der Waals surface area contributed by atoms with Gasteiger partial charge in [0.05, 0.1) is 6.61 Å². The molecule has 4 heteroatoms. The van der Waals surface area contributed by atoms with Gasteiger partial charge >= 0.3 is 6.09 Å². The number of aliphatic hydroxyl groups excluding tert-OH is 1. The Morgan fingerprint density at radius 1 is 1.42 bits per heavy atom. The molecule has 108 valence electrons. The van der Waals surface area contributed by atoms with Crippen molar-refractivity contribution in [2.75, 3.05) is 19.7 Å². The van der Waals surface area contributed by atoms with Crippen LogP contribution in [0.1, 0.15) is 46.5 Å². The van der Waals surface area contributed by atoms with Gasteiger partial charge in [0, 0.05) is 13.1 Å². The Bertz CT molecular complexity index is 381. The van der Waals surface area contributed by atoms with Crippen LogP contribution in [-0.4, -0.2) is 41.4 Å². The molecule has 19 heavy (non-hydrogen) atoms. The third kappa shape index (κ3) is 3.50. The second-order valence-electron chi connectivity index (χ2n) is 6.57. The summed E-state index contributed by atoms with van der Waals surface area (Å²) in [5.41, 5.74) is 1.98. The molecule has 1 amide bonds. The zero-order valence-corrected chi connectivity index (χ0v) is 12.2. The number of hydrogen-bond acceptors (Lipinski definition) is 3. The van der Waals surface area contributed by atoms with Crippen molar-refractivity contribution in [3.8, 4) is 0 Å². The molecule has 0 radical (unpaired) electrons. The quantitative estimate of drug-likeness (QED) is 0.743. The lowest BCUT2D eigenvalue weighted by atomic mass is 9.79. The smallest absolute Gasteiger partial charge is 0.410 e. The third-order valence-electron chi connectivity index (χ3n) is 3.93. The summed E-state index contributed by atoms with van der Waals surface area (Å²) in [6.07, 6.45) is 4.10. The Hall–Kier alpha value is -1.03. The van der Waals surface area contributed by atoms with Gasteiger partial charge in [-0.25, -0.2) is 4.79 Å². The van der Waals surface area contributed by atoms with Gasteiger partial charge in [-0.15, -0.1) is 0 Å². The summed E-state index contributed by atoms with van der Waals surface area (Å²) in [6, 6.07) is 0. The van der Waals surface area contributed by atoms with Gasteiger partial charge < -0.3 is 14.7 Å². The number of likely N-dealkylation sites (tertiary alicyclic amines) is 1. The summed E-state index contributed by atoms with van der Waals surface area (Å²) in [6.45, 7) is 7.19. The van der Waals surface area contributed by atoms with E-state index >= 15 is 0 Å². The molecule has 0 aromatic carbocycles. The highest BCUT2D eigenvalue weighted by Gasteiger charge is 2.32. The van der Waals surface area contributed by atoms with Gasteiger partial charge in [-0.2, -0.15) is 0 Å². The fourth-order valence-corrected chi connectivity index (χ4v) is 3.00. The van der Waals surface area contributed by atoms with Crippen LogP contribution in [0, 0.1) is 5.92 Å². The van der Waals surface area contributed by atoms with Gasteiger partial charge in [0.25, 0.3) is 0 Å². The van der Waals surface area contributed by atoms with Crippen LogP contribution >= 0.6 is 0 Å². The van der Waals surface area contributed by atoms with Crippen molar-refractivity contribution < 1.29 is 14.6 Å². The van der Waals surface area contributed by atoms with Crippen molar-refractivity contribution in [3.63, 3.8) is 0 Å². The number of amides is 1. The number of carbonyl (C=O) groups is 1. The predicted octanol–water partition coefficient (Wildman–Crippen LogP) is 2.72. The van der Waals surface area contributed by atoms with E-state index in [0.29, 0.717) is 12.5 Å². The third-order valence-corrected chi connectivity index (χ3v) is 3.93. The molecule has 1 saturated heterocycles. The molecule has 1 atom stereocenters. The molecule has 1 N–H and O–H groups in total. The van der Waals surface area contributed by atoms with Crippen molar-refractivity contribution in [1.29, 1.82) is 0 Å². The molecule has 1 fully saturated rings. The Labute approximate surface area is 115 Å². The largest absolute Gasteiger partial charge is 0.444 e. The van der Waals surface area contributed by atoms with Crippen molar-refractivity contribution in [2.45, 2.75) is 52.1 Å². The average Bonchev–Trinajstić information content (AvgIpc) is 2.35. The molecular weight excluding hydrogens is 242 g/mol. The molecule has 2 aliphatic rings. The zero-order valence-electron chi connectivity index (χ0n) is 12.2. The molecule has 1 aliphatic heterocycles. The SMILES string of the molecule is CC(C)(C)OC(=O)N1CCC2CCCC(CO)=C2C1. The van der Waals surface area contributed by atoms with Gasteiger partial charge in [-0.3, -0.25) is 0 Å². The first-order valence-corrected chi connectivity index (χ1v) is 7.20. The van der Waals surface area contributed by atoms with Crippen molar-refractivity contribution in [2.24, 2.45) is 5.92 Å². The fraction of sp³-hybridized carbons (Fsp3) is 0.800. The highest BCUT2D eigenvalue weighted by atomic mass is 16.6. The summed E-state index contributed by atoms with van der Waals surface area (Å²) >= 11 is 0. The normalized spacial score (nSPS) is 24.2. The minimum absolute atomic E-state index is 0.133. The van der Waals surface area contributed by atoms with Gasteiger partial charge in [0.2, 0.25) is 0 Å². The van der Waals surface area contributed by atoms with E-state index in [1.54, 1.807) is 4.90 Å². The summed E-state index contributed by atoms with van der Waals surface area (Å²) < 4.78 is 5.43. The number of hydrogen-bond donors (Lipinski definition) is 1. The minimum atomic E-state index is -0.450. The van der Waals surface area contributed by atoms with Crippen LogP contribution in [0.2, 0.25) is 0 Å². The van der Waals surface area contributed by atoms with E-state index < -0.39 is 5.60 Å². The number of piperidine rings is 1. The Morgan fingerprint density at radius 3 is 2.79 bits per heavy atom. The van der Waals surface area contributed by atoms with Gasteiger partial charge in [0.15, 0.2) is 0 Å². The van der Waals surface area contributed by atoms with Crippen LogP contribution < -0.4 is 0 Å². The Balaban J connectivity index is 2.07. The minimum Gasteiger partial charge on any atom is -0.444 e. The lowest BCUT2D eigenvalue weighted by Crippen LogP contribution is -2.43. The zero-order chi connectivity index (χ0) is 14.0. The topological polar surface area (TPSA) is 49.8 Å². The van der Waals surface area contributed by atoms with E-state index in [4.69, 9.17) is 4.74 Å². The maximum atomic E-state index is 12.1. The van der Waals surface area contributed by atoms with E-state index in [-0.39, 0.29) is 12.7 Å². The van der Waals surface area contributed by atoms with Crippen LogP contribution in [-0.2, 0) is 4.74 Å². The molecule has 0 spiro atoms. The van der Waals surface area contributed by atoms with Gasteiger partial charge in [0.1, 0.15) is 5.60 Å². The van der Waals surface area contributed by atoms with Crippen molar-refractivity contribution in [3.05, 3.63) is 11.1 Å². The number of carbonyl (C=O) groups excluding carboxylic acids is 1. The molecule has 0 aromatic heterocycles. The summed E-state index contributed by atoms with van der Waals surface area (Å²) in [4.78, 5) is 13.9. The molecule has 2 rings (SSSR count).